The minimum Gasteiger partial charge on any atom is -0.192 e. The van der Waals surface area contributed by atoms with E-state index in [1.165, 1.54) is 10.9 Å². The van der Waals surface area contributed by atoms with E-state index in [1.54, 1.807) is 0 Å². The van der Waals surface area contributed by atoms with Gasteiger partial charge < -0.3 is 0 Å². The molecule has 0 heterocycles. The number of hydrogen-bond donors (Lipinski definition) is 0. The third-order valence-corrected chi connectivity index (χ3v) is 3.17. The van der Waals surface area contributed by atoms with Crippen molar-refractivity contribution in [3.8, 4) is 6.07 Å². The Morgan fingerprint density at radius 2 is 1.81 bits per heavy atom. The first kappa shape index (κ1) is 10.7. The first-order valence-corrected chi connectivity index (χ1v) is 5.68. The van der Waals surface area contributed by atoms with Crippen molar-refractivity contribution in [3.63, 3.8) is 0 Å². The highest BCUT2D eigenvalue weighted by Crippen LogP contribution is 2.24. The molecule has 0 amide bonds. The van der Waals surface area contributed by atoms with Gasteiger partial charge in [0.1, 0.15) is 0 Å². The fraction of sp³-hybridized carbons (Fsp3) is 0.267. The zero-order chi connectivity index (χ0) is 11.5. The van der Waals surface area contributed by atoms with Crippen molar-refractivity contribution in [2.24, 2.45) is 0 Å². The molecule has 0 fully saturated rings. The molecule has 0 radical (unpaired) electrons. The van der Waals surface area contributed by atoms with E-state index in [0.29, 0.717) is 5.92 Å². The molecule has 1 unspecified atom stereocenters. The normalized spacial score (nSPS) is 12.3. The molecule has 0 saturated carbocycles. The standard InChI is InChI=1S/C15H15N/c1-3-11(2)13-6-7-14-8-12(10-16)4-5-15(14)9-13/h4-9,11H,3H2,1-2H3. The van der Waals surface area contributed by atoms with Crippen LogP contribution in [0.2, 0.25) is 0 Å². The first-order chi connectivity index (χ1) is 7.74. The Hall–Kier alpha value is -1.81. The molecule has 16 heavy (non-hydrogen) atoms. The van der Waals surface area contributed by atoms with E-state index < -0.39 is 0 Å². The van der Waals surface area contributed by atoms with E-state index in [0.717, 1.165) is 17.4 Å². The first-order valence-electron chi connectivity index (χ1n) is 5.68. The molecule has 2 aromatic carbocycles. The Labute approximate surface area is 96.3 Å². The maximum absolute atomic E-state index is 8.83. The smallest absolute Gasteiger partial charge is 0.0991 e. The molecular weight excluding hydrogens is 194 g/mol. The zero-order valence-corrected chi connectivity index (χ0v) is 9.70. The van der Waals surface area contributed by atoms with Crippen LogP contribution in [0.1, 0.15) is 37.3 Å². The van der Waals surface area contributed by atoms with E-state index >= 15 is 0 Å². The van der Waals surface area contributed by atoms with Crippen molar-refractivity contribution in [1.82, 2.24) is 0 Å². The van der Waals surface area contributed by atoms with Crippen LogP contribution in [0.25, 0.3) is 10.8 Å². The summed E-state index contributed by atoms with van der Waals surface area (Å²) in [4.78, 5) is 0. The second-order valence-corrected chi connectivity index (χ2v) is 4.24. The van der Waals surface area contributed by atoms with Crippen LogP contribution in [-0.2, 0) is 0 Å². The number of fused-ring (bicyclic) bond motifs is 1. The fourth-order valence-electron chi connectivity index (χ4n) is 1.88. The van der Waals surface area contributed by atoms with Crippen molar-refractivity contribution in [1.29, 1.82) is 5.26 Å². The van der Waals surface area contributed by atoms with Crippen molar-refractivity contribution in [2.75, 3.05) is 0 Å². The average Bonchev–Trinajstić information content (AvgIpc) is 2.36. The molecule has 0 aliphatic rings. The number of hydrogen-bond acceptors (Lipinski definition) is 1. The zero-order valence-electron chi connectivity index (χ0n) is 9.70. The quantitative estimate of drug-likeness (QED) is 0.726. The van der Waals surface area contributed by atoms with Crippen molar-refractivity contribution in [3.05, 3.63) is 47.5 Å². The van der Waals surface area contributed by atoms with Gasteiger partial charge in [0.15, 0.2) is 0 Å². The fourth-order valence-corrected chi connectivity index (χ4v) is 1.88. The summed E-state index contributed by atoms with van der Waals surface area (Å²) in [6.45, 7) is 4.44. The molecule has 0 saturated heterocycles. The van der Waals surface area contributed by atoms with Crippen LogP contribution in [0.3, 0.4) is 0 Å². The number of rotatable bonds is 2. The minimum absolute atomic E-state index is 0.597. The lowest BCUT2D eigenvalue weighted by Crippen LogP contribution is -1.90. The lowest BCUT2D eigenvalue weighted by molar-refractivity contribution is 0.735. The predicted molar refractivity (Wildman–Crippen MR) is 67.4 cm³/mol. The number of nitrogens with zero attached hydrogens (tertiary/aromatic N) is 1. The van der Waals surface area contributed by atoms with Crippen LogP contribution < -0.4 is 0 Å². The second kappa shape index (κ2) is 4.37. The molecule has 1 heteroatoms. The summed E-state index contributed by atoms with van der Waals surface area (Å²) >= 11 is 0. The van der Waals surface area contributed by atoms with Gasteiger partial charge in [-0.25, -0.2) is 0 Å². The third kappa shape index (κ3) is 1.92. The van der Waals surface area contributed by atoms with Gasteiger partial charge in [0.05, 0.1) is 11.6 Å². The molecule has 0 N–H and O–H groups in total. The van der Waals surface area contributed by atoms with Gasteiger partial charge in [-0.1, -0.05) is 38.1 Å². The highest BCUT2D eigenvalue weighted by atomic mass is 14.2. The van der Waals surface area contributed by atoms with Crippen molar-refractivity contribution >= 4 is 10.8 Å². The van der Waals surface area contributed by atoms with E-state index in [2.05, 4.69) is 38.1 Å². The van der Waals surface area contributed by atoms with Crippen LogP contribution in [0.4, 0.5) is 0 Å². The molecule has 0 aliphatic heterocycles. The lowest BCUT2D eigenvalue weighted by Gasteiger charge is -2.09. The van der Waals surface area contributed by atoms with E-state index in [-0.39, 0.29) is 0 Å². The van der Waals surface area contributed by atoms with Crippen LogP contribution in [0.5, 0.6) is 0 Å². The van der Waals surface area contributed by atoms with Crippen LogP contribution in [-0.4, -0.2) is 0 Å². The van der Waals surface area contributed by atoms with Crippen molar-refractivity contribution in [2.45, 2.75) is 26.2 Å². The Bertz CT molecular complexity index is 549. The Morgan fingerprint density at radius 1 is 1.12 bits per heavy atom. The summed E-state index contributed by atoms with van der Waals surface area (Å²) < 4.78 is 0. The summed E-state index contributed by atoms with van der Waals surface area (Å²) in [7, 11) is 0. The summed E-state index contributed by atoms with van der Waals surface area (Å²) in [6, 6.07) is 14.5. The van der Waals surface area contributed by atoms with Crippen LogP contribution in [0, 0.1) is 11.3 Å². The van der Waals surface area contributed by atoms with Gasteiger partial charge in [-0.05, 0) is 40.8 Å². The molecule has 1 nitrogen and oxygen atoms in total. The summed E-state index contributed by atoms with van der Waals surface area (Å²) in [6.07, 6.45) is 1.15. The monoisotopic (exact) mass is 209 g/mol. The van der Waals surface area contributed by atoms with E-state index in [1.807, 2.05) is 18.2 Å². The molecule has 0 spiro atoms. The molecule has 1 atom stereocenters. The van der Waals surface area contributed by atoms with E-state index in [9.17, 15) is 0 Å². The molecule has 2 aromatic rings. The van der Waals surface area contributed by atoms with Gasteiger partial charge in [-0.3, -0.25) is 0 Å². The highest BCUT2D eigenvalue weighted by molar-refractivity contribution is 5.84. The van der Waals surface area contributed by atoms with Gasteiger partial charge >= 0.3 is 0 Å². The maximum atomic E-state index is 8.83. The molecule has 0 bridgehead atoms. The summed E-state index contributed by atoms with van der Waals surface area (Å²) in [5, 5.41) is 11.2. The predicted octanol–water partition coefficient (Wildman–Crippen LogP) is 4.22. The molecule has 80 valence electrons. The van der Waals surface area contributed by atoms with Crippen LogP contribution in [0.15, 0.2) is 36.4 Å². The molecule has 0 aliphatic carbocycles. The molecule has 2 rings (SSSR count). The van der Waals surface area contributed by atoms with Gasteiger partial charge in [0, 0.05) is 0 Å². The largest absolute Gasteiger partial charge is 0.192 e. The molecular formula is C15H15N. The Balaban J connectivity index is 2.52. The van der Waals surface area contributed by atoms with Gasteiger partial charge in [0.25, 0.3) is 0 Å². The second-order valence-electron chi connectivity index (χ2n) is 4.24. The van der Waals surface area contributed by atoms with Gasteiger partial charge in [0.2, 0.25) is 0 Å². The summed E-state index contributed by atoms with van der Waals surface area (Å²) in [5.41, 5.74) is 2.10. The Kier molecular flexibility index (Phi) is 2.92. The van der Waals surface area contributed by atoms with E-state index in [4.69, 9.17) is 5.26 Å². The maximum Gasteiger partial charge on any atom is 0.0991 e. The third-order valence-electron chi connectivity index (χ3n) is 3.17. The van der Waals surface area contributed by atoms with Gasteiger partial charge in [-0.15, -0.1) is 0 Å². The summed E-state index contributed by atoms with van der Waals surface area (Å²) in [5.74, 6) is 0.597. The van der Waals surface area contributed by atoms with Crippen LogP contribution >= 0.6 is 0 Å². The topological polar surface area (TPSA) is 23.8 Å². The minimum atomic E-state index is 0.597. The number of nitriles is 1. The van der Waals surface area contributed by atoms with Gasteiger partial charge in [-0.2, -0.15) is 5.26 Å². The SMILES string of the molecule is CCC(C)c1ccc2cc(C#N)ccc2c1. The Morgan fingerprint density at radius 3 is 2.50 bits per heavy atom. The lowest BCUT2D eigenvalue weighted by atomic mass is 9.95. The highest BCUT2D eigenvalue weighted by Gasteiger charge is 2.03. The van der Waals surface area contributed by atoms with Crippen molar-refractivity contribution < 1.29 is 0 Å². The number of benzene rings is 2. The molecule has 0 aromatic heterocycles. The average molecular weight is 209 g/mol.